The minimum absolute atomic E-state index is 0.207. The van der Waals surface area contributed by atoms with Gasteiger partial charge in [-0.1, -0.05) is 20.3 Å². The highest BCUT2D eigenvalue weighted by atomic mass is 16.3. The van der Waals surface area contributed by atoms with Crippen LogP contribution >= 0.6 is 0 Å². The average Bonchev–Trinajstić information content (AvgIpc) is 2.42. The van der Waals surface area contributed by atoms with E-state index in [1.165, 1.54) is 6.92 Å². The molecule has 1 saturated heterocycles. The van der Waals surface area contributed by atoms with Gasteiger partial charge >= 0.3 is 0 Å². The van der Waals surface area contributed by atoms with E-state index in [4.69, 9.17) is 0 Å². The van der Waals surface area contributed by atoms with Gasteiger partial charge in [-0.2, -0.15) is 0 Å². The third kappa shape index (κ3) is 2.37. The number of rotatable bonds is 4. The van der Waals surface area contributed by atoms with Gasteiger partial charge in [-0.3, -0.25) is 9.59 Å². The van der Waals surface area contributed by atoms with Gasteiger partial charge in [-0.05, 0) is 19.3 Å². The molecule has 4 heteroatoms. The number of hydrogen-bond donors (Lipinski definition) is 2. The molecule has 4 nitrogen and oxygen atoms in total. The Hall–Kier alpha value is -0.900. The quantitative estimate of drug-likeness (QED) is 0.668. The number of aliphatic hydroxyl groups is 1. The van der Waals surface area contributed by atoms with Crippen LogP contribution in [0.5, 0.6) is 0 Å². The summed E-state index contributed by atoms with van der Waals surface area (Å²) in [5, 5.41) is 12.6. The first-order chi connectivity index (χ1) is 6.99. The number of ketones is 1. The molecule has 1 fully saturated rings. The summed E-state index contributed by atoms with van der Waals surface area (Å²) in [6.45, 7) is 5.39. The number of carbonyl (C=O) groups excluding carboxylic acids is 2. The summed E-state index contributed by atoms with van der Waals surface area (Å²) in [7, 11) is 0. The van der Waals surface area contributed by atoms with E-state index in [0.717, 1.165) is 12.8 Å². The van der Waals surface area contributed by atoms with Crippen LogP contribution in [0, 0.1) is 11.8 Å². The SMILES string of the molecule is CCCC(C)C1NC(=O)C(C(C)=O)C1O. The van der Waals surface area contributed by atoms with E-state index in [2.05, 4.69) is 12.2 Å². The Labute approximate surface area is 90.0 Å². The zero-order valence-electron chi connectivity index (χ0n) is 9.49. The lowest BCUT2D eigenvalue weighted by Crippen LogP contribution is -2.38. The Bertz CT molecular complexity index is 265. The van der Waals surface area contributed by atoms with Crippen molar-refractivity contribution >= 4 is 11.7 Å². The molecule has 0 spiro atoms. The van der Waals surface area contributed by atoms with Crippen LogP contribution in [0.4, 0.5) is 0 Å². The topological polar surface area (TPSA) is 66.4 Å². The van der Waals surface area contributed by atoms with Crippen molar-refractivity contribution in [1.82, 2.24) is 5.32 Å². The van der Waals surface area contributed by atoms with Gasteiger partial charge in [0, 0.05) is 0 Å². The summed E-state index contributed by atoms with van der Waals surface area (Å²) in [4.78, 5) is 22.6. The molecule has 2 N–H and O–H groups in total. The molecule has 1 aliphatic rings. The number of aliphatic hydroxyl groups excluding tert-OH is 1. The number of Topliss-reactive ketones (excluding diaryl/α,β-unsaturated/α-hetero) is 1. The second-order valence-electron chi connectivity index (χ2n) is 4.38. The van der Waals surface area contributed by atoms with Gasteiger partial charge in [-0.15, -0.1) is 0 Å². The molecular formula is C11H19NO3. The largest absolute Gasteiger partial charge is 0.390 e. The monoisotopic (exact) mass is 213 g/mol. The van der Waals surface area contributed by atoms with Gasteiger partial charge in [0.05, 0.1) is 12.1 Å². The van der Waals surface area contributed by atoms with Crippen LogP contribution in [-0.4, -0.2) is 28.9 Å². The molecule has 0 radical (unpaired) electrons. The Morgan fingerprint density at radius 2 is 2.20 bits per heavy atom. The fraction of sp³-hybridized carbons (Fsp3) is 0.818. The summed E-state index contributed by atoms with van der Waals surface area (Å²) in [6, 6.07) is -0.272. The molecule has 0 aromatic carbocycles. The lowest BCUT2D eigenvalue weighted by atomic mass is 9.89. The maximum Gasteiger partial charge on any atom is 0.233 e. The standard InChI is InChI=1S/C11H19NO3/c1-4-5-6(2)9-10(14)8(7(3)13)11(15)12-9/h6,8-10,14H,4-5H2,1-3H3,(H,12,15). The van der Waals surface area contributed by atoms with Crippen molar-refractivity contribution in [2.75, 3.05) is 0 Å². The van der Waals surface area contributed by atoms with Crippen LogP contribution < -0.4 is 5.32 Å². The Morgan fingerprint density at radius 3 is 2.60 bits per heavy atom. The average molecular weight is 213 g/mol. The minimum atomic E-state index is -0.866. The molecule has 86 valence electrons. The highest BCUT2D eigenvalue weighted by Gasteiger charge is 2.45. The van der Waals surface area contributed by atoms with Crippen molar-refractivity contribution in [3.05, 3.63) is 0 Å². The zero-order valence-corrected chi connectivity index (χ0v) is 9.49. The van der Waals surface area contributed by atoms with E-state index in [9.17, 15) is 14.7 Å². The molecule has 0 saturated carbocycles. The van der Waals surface area contributed by atoms with E-state index in [1.54, 1.807) is 0 Å². The zero-order chi connectivity index (χ0) is 11.6. The molecule has 15 heavy (non-hydrogen) atoms. The van der Waals surface area contributed by atoms with Gasteiger partial charge in [-0.25, -0.2) is 0 Å². The van der Waals surface area contributed by atoms with Crippen LogP contribution in [-0.2, 0) is 9.59 Å². The molecule has 4 atom stereocenters. The van der Waals surface area contributed by atoms with E-state index in [-0.39, 0.29) is 23.7 Å². The molecule has 0 bridgehead atoms. The van der Waals surface area contributed by atoms with Gasteiger partial charge in [0.1, 0.15) is 11.7 Å². The van der Waals surface area contributed by atoms with Crippen molar-refractivity contribution in [2.45, 2.75) is 45.8 Å². The van der Waals surface area contributed by atoms with E-state index < -0.39 is 12.0 Å². The molecule has 0 aromatic heterocycles. The maximum absolute atomic E-state index is 11.5. The summed E-state index contributed by atoms with van der Waals surface area (Å²) in [5.41, 5.74) is 0. The Kier molecular flexibility index (Phi) is 3.85. The van der Waals surface area contributed by atoms with Crippen molar-refractivity contribution in [2.24, 2.45) is 11.8 Å². The summed E-state index contributed by atoms with van der Waals surface area (Å²) >= 11 is 0. The van der Waals surface area contributed by atoms with Crippen LogP contribution in [0.25, 0.3) is 0 Å². The van der Waals surface area contributed by atoms with Crippen molar-refractivity contribution in [3.63, 3.8) is 0 Å². The van der Waals surface area contributed by atoms with Crippen molar-refractivity contribution in [1.29, 1.82) is 0 Å². The van der Waals surface area contributed by atoms with Crippen molar-refractivity contribution < 1.29 is 14.7 Å². The molecule has 1 heterocycles. The lowest BCUT2D eigenvalue weighted by molar-refractivity contribution is -0.132. The minimum Gasteiger partial charge on any atom is -0.390 e. The lowest BCUT2D eigenvalue weighted by Gasteiger charge is -2.22. The third-order valence-corrected chi connectivity index (χ3v) is 3.10. The van der Waals surface area contributed by atoms with Crippen LogP contribution in [0.1, 0.15) is 33.6 Å². The molecule has 0 aromatic rings. The smallest absolute Gasteiger partial charge is 0.233 e. The predicted octanol–water partition coefficient (Wildman–Crippen LogP) is 0.487. The molecule has 1 aliphatic heterocycles. The normalized spacial score (nSPS) is 32.5. The third-order valence-electron chi connectivity index (χ3n) is 3.10. The number of hydrogen-bond acceptors (Lipinski definition) is 3. The Morgan fingerprint density at radius 1 is 1.60 bits per heavy atom. The Balaban J connectivity index is 2.72. The van der Waals surface area contributed by atoms with E-state index in [1.807, 2.05) is 6.92 Å². The summed E-state index contributed by atoms with van der Waals surface area (Å²) in [5.74, 6) is -1.25. The predicted molar refractivity (Wildman–Crippen MR) is 56.2 cm³/mol. The molecule has 0 aliphatic carbocycles. The molecule has 1 rings (SSSR count). The highest BCUT2D eigenvalue weighted by molar-refractivity contribution is 6.02. The first-order valence-corrected chi connectivity index (χ1v) is 5.48. The van der Waals surface area contributed by atoms with Gasteiger partial charge < -0.3 is 10.4 Å². The van der Waals surface area contributed by atoms with Gasteiger partial charge in [0.2, 0.25) is 5.91 Å². The van der Waals surface area contributed by atoms with Gasteiger partial charge in [0.15, 0.2) is 0 Å². The molecule has 4 unspecified atom stereocenters. The fourth-order valence-corrected chi connectivity index (χ4v) is 2.24. The van der Waals surface area contributed by atoms with Gasteiger partial charge in [0.25, 0.3) is 0 Å². The molecule has 1 amide bonds. The summed E-state index contributed by atoms with van der Waals surface area (Å²) in [6.07, 6.45) is 1.08. The molecular weight excluding hydrogens is 194 g/mol. The number of amides is 1. The fourth-order valence-electron chi connectivity index (χ4n) is 2.24. The van der Waals surface area contributed by atoms with Crippen molar-refractivity contribution in [3.8, 4) is 0 Å². The van der Waals surface area contributed by atoms with Crippen LogP contribution in [0.3, 0.4) is 0 Å². The first-order valence-electron chi connectivity index (χ1n) is 5.48. The second-order valence-corrected chi connectivity index (χ2v) is 4.38. The van der Waals surface area contributed by atoms with E-state index in [0.29, 0.717) is 0 Å². The number of nitrogens with one attached hydrogen (secondary N) is 1. The van der Waals surface area contributed by atoms with Crippen LogP contribution in [0.2, 0.25) is 0 Å². The van der Waals surface area contributed by atoms with E-state index >= 15 is 0 Å². The summed E-state index contributed by atoms with van der Waals surface area (Å²) < 4.78 is 0. The second kappa shape index (κ2) is 4.75. The number of carbonyl (C=O) groups is 2. The van der Waals surface area contributed by atoms with Crippen LogP contribution in [0.15, 0.2) is 0 Å². The highest BCUT2D eigenvalue weighted by Crippen LogP contribution is 2.25. The first kappa shape index (κ1) is 12.2. The maximum atomic E-state index is 11.5.